The van der Waals surface area contributed by atoms with E-state index >= 15 is 0 Å². The second kappa shape index (κ2) is 7.67. The van der Waals surface area contributed by atoms with E-state index in [1.54, 1.807) is 0 Å². The van der Waals surface area contributed by atoms with Crippen molar-refractivity contribution in [2.24, 2.45) is 0 Å². The molecule has 2 atom stereocenters. The molecule has 0 aromatic carbocycles. The van der Waals surface area contributed by atoms with Gasteiger partial charge in [0.15, 0.2) is 0 Å². The minimum absolute atomic E-state index is 0.406. The van der Waals surface area contributed by atoms with Crippen molar-refractivity contribution in [3.05, 3.63) is 0 Å². The molecule has 0 saturated heterocycles. The van der Waals surface area contributed by atoms with Gasteiger partial charge in [0.2, 0.25) is 0 Å². The predicted octanol–water partition coefficient (Wildman–Crippen LogP) is 1.52. The van der Waals surface area contributed by atoms with Gasteiger partial charge in [-0.05, 0) is 41.0 Å². The molecule has 0 bridgehead atoms. The van der Waals surface area contributed by atoms with E-state index < -0.39 is 0 Å². The minimum atomic E-state index is 0.406. The van der Waals surface area contributed by atoms with Crippen LogP contribution in [0.4, 0.5) is 0 Å². The van der Waals surface area contributed by atoms with Gasteiger partial charge in [0.1, 0.15) is 0 Å². The first-order valence-corrected chi connectivity index (χ1v) is 6.01. The largest absolute Gasteiger partial charge is 0.294 e. The molecule has 0 aliphatic heterocycles. The molecular formula is C13H27N3. The van der Waals surface area contributed by atoms with Gasteiger partial charge in [-0.1, -0.05) is 19.8 Å². The van der Waals surface area contributed by atoms with E-state index in [2.05, 4.69) is 62.7 Å². The fourth-order valence-corrected chi connectivity index (χ4v) is 2.31. The Morgan fingerprint density at radius 2 is 1.31 bits per heavy atom. The van der Waals surface area contributed by atoms with Crippen molar-refractivity contribution in [2.45, 2.75) is 39.0 Å². The van der Waals surface area contributed by atoms with Crippen LogP contribution >= 0.6 is 0 Å². The van der Waals surface area contributed by atoms with Crippen molar-refractivity contribution >= 4 is 0 Å². The number of rotatable bonds is 7. The van der Waals surface area contributed by atoms with Gasteiger partial charge < -0.3 is 0 Å². The molecule has 0 spiro atoms. The Labute approximate surface area is 101 Å². The van der Waals surface area contributed by atoms with Crippen molar-refractivity contribution in [3.63, 3.8) is 0 Å². The Balaban J connectivity index is 4.87. The van der Waals surface area contributed by atoms with Crippen molar-refractivity contribution in [1.82, 2.24) is 14.7 Å². The van der Waals surface area contributed by atoms with Gasteiger partial charge >= 0.3 is 0 Å². The number of hydrogen-bond acceptors (Lipinski definition) is 3. The first kappa shape index (κ1) is 15.4. The summed E-state index contributed by atoms with van der Waals surface area (Å²) in [6, 6.07) is 0. The molecular weight excluding hydrogens is 198 g/mol. The highest BCUT2D eigenvalue weighted by Gasteiger charge is 2.26. The first-order valence-electron chi connectivity index (χ1n) is 6.01. The van der Waals surface area contributed by atoms with E-state index in [0.717, 1.165) is 12.8 Å². The maximum absolute atomic E-state index is 5.49. The molecule has 0 saturated carbocycles. The molecule has 0 amide bonds. The van der Waals surface area contributed by atoms with Gasteiger partial charge in [-0.25, -0.2) is 0 Å². The Hall–Kier alpha value is -0.560. The molecule has 0 aromatic heterocycles. The summed E-state index contributed by atoms with van der Waals surface area (Å²) in [7, 11) is 8.44. The van der Waals surface area contributed by atoms with Crippen LogP contribution in [0.25, 0.3) is 0 Å². The van der Waals surface area contributed by atoms with Crippen molar-refractivity contribution in [2.75, 3.05) is 34.7 Å². The standard InChI is InChI=1S/C13H27N3/c1-8-11-16(12(9-2)14(4)5)13(10-3)15(6)7/h1,12-13H,9-11H2,2-7H3. The molecule has 0 N–H and O–H groups in total. The van der Waals surface area contributed by atoms with E-state index in [-0.39, 0.29) is 0 Å². The Kier molecular flexibility index (Phi) is 7.40. The smallest absolute Gasteiger partial charge is 0.0637 e. The molecule has 0 aliphatic rings. The van der Waals surface area contributed by atoms with E-state index in [9.17, 15) is 0 Å². The molecule has 3 heteroatoms. The molecule has 3 nitrogen and oxygen atoms in total. The quantitative estimate of drug-likeness (QED) is 0.480. The van der Waals surface area contributed by atoms with Crippen LogP contribution in [0.3, 0.4) is 0 Å². The molecule has 94 valence electrons. The summed E-state index contributed by atoms with van der Waals surface area (Å²) < 4.78 is 0. The first-order chi connectivity index (χ1) is 7.49. The Morgan fingerprint density at radius 1 is 0.938 bits per heavy atom. The van der Waals surface area contributed by atoms with Crippen molar-refractivity contribution in [3.8, 4) is 12.3 Å². The fourth-order valence-electron chi connectivity index (χ4n) is 2.31. The van der Waals surface area contributed by atoms with Crippen LogP contribution in [-0.2, 0) is 0 Å². The molecule has 0 rings (SSSR count). The number of hydrogen-bond donors (Lipinski definition) is 0. The molecule has 16 heavy (non-hydrogen) atoms. The van der Waals surface area contributed by atoms with Crippen LogP contribution in [0.2, 0.25) is 0 Å². The Morgan fingerprint density at radius 3 is 1.50 bits per heavy atom. The van der Waals surface area contributed by atoms with Gasteiger partial charge in [0.05, 0.1) is 18.9 Å². The van der Waals surface area contributed by atoms with Crippen LogP contribution in [0.15, 0.2) is 0 Å². The molecule has 0 aromatic rings. The summed E-state index contributed by atoms with van der Waals surface area (Å²) >= 11 is 0. The lowest BCUT2D eigenvalue weighted by molar-refractivity contribution is -0.00895. The topological polar surface area (TPSA) is 9.72 Å². The second-order valence-corrected chi connectivity index (χ2v) is 4.58. The van der Waals surface area contributed by atoms with E-state index in [1.807, 2.05) is 0 Å². The van der Waals surface area contributed by atoms with Gasteiger partial charge in [-0.2, -0.15) is 0 Å². The summed E-state index contributed by atoms with van der Waals surface area (Å²) in [5.41, 5.74) is 0. The summed E-state index contributed by atoms with van der Waals surface area (Å²) in [5, 5.41) is 0. The predicted molar refractivity (Wildman–Crippen MR) is 71.1 cm³/mol. The molecule has 2 unspecified atom stereocenters. The zero-order chi connectivity index (χ0) is 12.7. The summed E-state index contributed by atoms with van der Waals surface area (Å²) in [6.45, 7) is 5.11. The lowest BCUT2D eigenvalue weighted by Crippen LogP contribution is -2.54. The van der Waals surface area contributed by atoms with E-state index in [0.29, 0.717) is 18.9 Å². The van der Waals surface area contributed by atoms with E-state index in [4.69, 9.17) is 6.42 Å². The highest BCUT2D eigenvalue weighted by Crippen LogP contribution is 2.15. The highest BCUT2D eigenvalue weighted by atomic mass is 15.4. The van der Waals surface area contributed by atoms with E-state index in [1.165, 1.54) is 0 Å². The monoisotopic (exact) mass is 225 g/mol. The third-order valence-corrected chi connectivity index (χ3v) is 2.96. The number of terminal acetylenes is 1. The third-order valence-electron chi connectivity index (χ3n) is 2.96. The lowest BCUT2D eigenvalue weighted by atomic mass is 10.2. The number of nitrogens with zero attached hydrogens (tertiary/aromatic N) is 3. The molecule has 0 fully saturated rings. The summed E-state index contributed by atoms with van der Waals surface area (Å²) in [6.07, 6.45) is 8.46. The van der Waals surface area contributed by atoms with Crippen molar-refractivity contribution < 1.29 is 0 Å². The average molecular weight is 225 g/mol. The van der Waals surface area contributed by atoms with Gasteiger partial charge in [-0.3, -0.25) is 14.7 Å². The van der Waals surface area contributed by atoms with Crippen LogP contribution < -0.4 is 0 Å². The van der Waals surface area contributed by atoms with Gasteiger partial charge in [0, 0.05) is 0 Å². The second-order valence-electron chi connectivity index (χ2n) is 4.58. The molecule has 0 radical (unpaired) electrons. The highest BCUT2D eigenvalue weighted by molar-refractivity contribution is 4.91. The average Bonchev–Trinajstić information content (AvgIpc) is 2.18. The maximum Gasteiger partial charge on any atom is 0.0637 e. The van der Waals surface area contributed by atoms with Crippen LogP contribution in [0.1, 0.15) is 26.7 Å². The summed E-state index contributed by atoms with van der Waals surface area (Å²) in [5.74, 6) is 2.78. The zero-order valence-electron chi connectivity index (χ0n) is 11.7. The fraction of sp³-hybridized carbons (Fsp3) is 0.846. The normalized spacial score (nSPS) is 15.5. The molecule has 0 heterocycles. The van der Waals surface area contributed by atoms with Crippen LogP contribution in [-0.4, -0.2) is 61.8 Å². The van der Waals surface area contributed by atoms with Crippen LogP contribution in [0.5, 0.6) is 0 Å². The van der Waals surface area contributed by atoms with Crippen LogP contribution in [0, 0.1) is 12.3 Å². The lowest BCUT2D eigenvalue weighted by Gasteiger charge is -2.42. The van der Waals surface area contributed by atoms with Gasteiger partial charge in [0.25, 0.3) is 0 Å². The zero-order valence-corrected chi connectivity index (χ0v) is 11.7. The minimum Gasteiger partial charge on any atom is -0.294 e. The van der Waals surface area contributed by atoms with Crippen molar-refractivity contribution in [1.29, 1.82) is 0 Å². The Bertz CT molecular complexity index is 202. The SMILES string of the molecule is C#CCN(C(CC)N(C)C)C(CC)N(C)C. The maximum atomic E-state index is 5.49. The molecule has 0 aliphatic carbocycles. The van der Waals surface area contributed by atoms with Gasteiger partial charge in [-0.15, -0.1) is 6.42 Å². The third kappa shape index (κ3) is 4.13. The summed E-state index contributed by atoms with van der Waals surface area (Å²) in [4.78, 5) is 6.87.